The number of carbonyl (C=O) groups is 1. The maximum Gasteiger partial charge on any atom is 0.358 e. The molecule has 3 rings (SSSR count). The quantitative estimate of drug-likeness (QED) is 0.745. The van der Waals surface area contributed by atoms with Gasteiger partial charge < -0.3 is 14.2 Å². The number of rotatable bonds is 5. The van der Waals surface area contributed by atoms with Crippen molar-refractivity contribution in [1.82, 2.24) is 9.97 Å². The second-order valence-corrected chi connectivity index (χ2v) is 7.94. The molecule has 0 unspecified atom stereocenters. The van der Waals surface area contributed by atoms with Crippen molar-refractivity contribution in [2.75, 3.05) is 13.2 Å². The standard InChI is InChI=1S/C20H30N2O4/c1-13(2)16-5-4-14(3)10-18(16)26-20(23)17-11-22-19(12-21-17)25-15-6-8-24-9-7-15/h11-16,18H,4-10H2,1-3H3/t14-,16+,18-/m1/s1. The molecule has 1 aromatic rings. The highest BCUT2D eigenvalue weighted by atomic mass is 16.5. The van der Waals surface area contributed by atoms with E-state index < -0.39 is 0 Å². The first kappa shape index (κ1) is 19.1. The van der Waals surface area contributed by atoms with Crippen LogP contribution in [0.3, 0.4) is 0 Å². The molecular formula is C20H30N2O4. The van der Waals surface area contributed by atoms with Crippen molar-refractivity contribution in [2.24, 2.45) is 17.8 Å². The first-order valence-corrected chi connectivity index (χ1v) is 9.80. The Labute approximate surface area is 155 Å². The summed E-state index contributed by atoms with van der Waals surface area (Å²) in [7, 11) is 0. The normalized spacial score (nSPS) is 27.3. The second-order valence-electron chi connectivity index (χ2n) is 7.94. The lowest BCUT2D eigenvalue weighted by atomic mass is 9.75. The van der Waals surface area contributed by atoms with Crippen LogP contribution in [-0.4, -0.2) is 41.4 Å². The highest BCUT2D eigenvalue weighted by Crippen LogP contribution is 2.35. The molecule has 1 aliphatic carbocycles. The average molecular weight is 362 g/mol. The van der Waals surface area contributed by atoms with Gasteiger partial charge in [-0.25, -0.2) is 14.8 Å². The molecule has 6 heteroatoms. The van der Waals surface area contributed by atoms with Gasteiger partial charge in [0, 0.05) is 12.8 Å². The minimum atomic E-state index is -0.389. The van der Waals surface area contributed by atoms with E-state index in [0.717, 1.165) is 25.7 Å². The van der Waals surface area contributed by atoms with Crippen molar-refractivity contribution in [1.29, 1.82) is 0 Å². The number of ether oxygens (including phenoxy) is 3. The Morgan fingerprint density at radius 2 is 1.92 bits per heavy atom. The van der Waals surface area contributed by atoms with Gasteiger partial charge in [0.2, 0.25) is 5.88 Å². The van der Waals surface area contributed by atoms with E-state index in [4.69, 9.17) is 14.2 Å². The van der Waals surface area contributed by atoms with E-state index in [2.05, 4.69) is 30.7 Å². The molecule has 0 amide bonds. The van der Waals surface area contributed by atoms with E-state index >= 15 is 0 Å². The predicted molar refractivity (Wildman–Crippen MR) is 97.0 cm³/mol. The van der Waals surface area contributed by atoms with Crippen LogP contribution in [0.15, 0.2) is 12.4 Å². The van der Waals surface area contributed by atoms with Crippen LogP contribution in [0.4, 0.5) is 0 Å². The Morgan fingerprint density at radius 3 is 2.58 bits per heavy atom. The van der Waals surface area contributed by atoms with Crippen LogP contribution < -0.4 is 4.74 Å². The summed E-state index contributed by atoms with van der Waals surface area (Å²) in [6, 6.07) is 0. The molecule has 2 fully saturated rings. The summed E-state index contributed by atoms with van der Waals surface area (Å²) in [6.45, 7) is 8.03. The lowest BCUT2D eigenvalue weighted by Crippen LogP contribution is -2.36. The fourth-order valence-electron chi connectivity index (χ4n) is 3.90. The van der Waals surface area contributed by atoms with Crippen molar-refractivity contribution in [3.05, 3.63) is 18.1 Å². The highest BCUT2D eigenvalue weighted by Gasteiger charge is 2.33. The SMILES string of the molecule is CC(C)[C@@H]1CC[C@@H](C)C[C@H]1OC(=O)c1cnc(OC2CCOCC2)cn1. The summed E-state index contributed by atoms with van der Waals surface area (Å²) in [5.74, 6) is 1.56. The molecule has 1 saturated heterocycles. The number of hydrogen-bond donors (Lipinski definition) is 0. The number of hydrogen-bond acceptors (Lipinski definition) is 6. The van der Waals surface area contributed by atoms with E-state index in [1.165, 1.54) is 18.8 Å². The highest BCUT2D eigenvalue weighted by molar-refractivity contribution is 5.87. The van der Waals surface area contributed by atoms with Gasteiger partial charge in [-0.15, -0.1) is 0 Å². The summed E-state index contributed by atoms with van der Waals surface area (Å²) < 4.78 is 16.9. The molecule has 0 bridgehead atoms. The summed E-state index contributed by atoms with van der Waals surface area (Å²) in [5, 5.41) is 0. The van der Waals surface area contributed by atoms with Crippen molar-refractivity contribution in [2.45, 2.75) is 65.1 Å². The van der Waals surface area contributed by atoms with Crippen molar-refractivity contribution >= 4 is 5.97 Å². The molecule has 0 N–H and O–H groups in total. The predicted octanol–water partition coefficient (Wildman–Crippen LogP) is 3.65. The van der Waals surface area contributed by atoms with Crippen LogP contribution in [0.2, 0.25) is 0 Å². The number of aromatic nitrogens is 2. The number of nitrogens with zero attached hydrogens (tertiary/aromatic N) is 2. The zero-order chi connectivity index (χ0) is 18.5. The molecule has 0 aromatic carbocycles. The van der Waals surface area contributed by atoms with Crippen LogP contribution >= 0.6 is 0 Å². The van der Waals surface area contributed by atoms with Crippen LogP contribution in [0.5, 0.6) is 5.88 Å². The molecule has 1 aliphatic heterocycles. The smallest absolute Gasteiger partial charge is 0.358 e. The van der Waals surface area contributed by atoms with Gasteiger partial charge in [-0.1, -0.05) is 27.2 Å². The van der Waals surface area contributed by atoms with Gasteiger partial charge >= 0.3 is 5.97 Å². The van der Waals surface area contributed by atoms with Gasteiger partial charge in [-0.05, 0) is 30.6 Å². The molecule has 2 aliphatic rings. The van der Waals surface area contributed by atoms with Crippen LogP contribution in [0, 0.1) is 17.8 Å². The third-order valence-corrected chi connectivity index (χ3v) is 5.51. The van der Waals surface area contributed by atoms with Crippen molar-refractivity contribution < 1.29 is 19.0 Å². The summed E-state index contributed by atoms with van der Waals surface area (Å²) in [4.78, 5) is 20.9. The summed E-state index contributed by atoms with van der Waals surface area (Å²) >= 11 is 0. The third-order valence-electron chi connectivity index (χ3n) is 5.51. The molecule has 1 saturated carbocycles. The van der Waals surface area contributed by atoms with Gasteiger partial charge in [-0.3, -0.25) is 0 Å². The first-order valence-electron chi connectivity index (χ1n) is 9.80. The molecule has 3 atom stereocenters. The van der Waals surface area contributed by atoms with Crippen LogP contribution in [0.25, 0.3) is 0 Å². The minimum Gasteiger partial charge on any atom is -0.473 e. The Kier molecular flexibility index (Phi) is 6.46. The van der Waals surface area contributed by atoms with E-state index in [-0.39, 0.29) is 23.9 Å². The Bertz CT molecular complexity index is 584. The van der Waals surface area contributed by atoms with Gasteiger partial charge in [0.15, 0.2) is 5.69 Å². The van der Waals surface area contributed by atoms with E-state index in [1.54, 1.807) is 0 Å². The van der Waals surface area contributed by atoms with Gasteiger partial charge in [-0.2, -0.15) is 0 Å². The molecule has 6 nitrogen and oxygen atoms in total. The largest absolute Gasteiger partial charge is 0.473 e. The fourth-order valence-corrected chi connectivity index (χ4v) is 3.90. The molecule has 0 radical (unpaired) electrons. The average Bonchev–Trinajstić information content (AvgIpc) is 2.63. The maximum atomic E-state index is 12.5. The minimum absolute atomic E-state index is 0.0359. The lowest BCUT2D eigenvalue weighted by molar-refractivity contribution is -0.0179. The number of esters is 1. The third kappa shape index (κ3) is 4.93. The van der Waals surface area contributed by atoms with E-state index in [1.807, 2.05) is 0 Å². The summed E-state index contributed by atoms with van der Waals surface area (Å²) in [5.41, 5.74) is 0.241. The number of carbonyl (C=O) groups excluding carboxylic acids is 1. The topological polar surface area (TPSA) is 70.5 Å². The van der Waals surface area contributed by atoms with Crippen molar-refractivity contribution in [3.8, 4) is 5.88 Å². The monoisotopic (exact) mass is 362 g/mol. The van der Waals surface area contributed by atoms with Crippen molar-refractivity contribution in [3.63, 3.8) is 0 Å². The maximum absolute atomic E-state index is 12.5. The Balaban J connectivity index is 1.58. The molecule has 1 aromatic heterocycles. The van der Waals surface area contributed by atoms with Gasteiger partial charge in [0.05, 0.1) is 25.6 Å². The van der Waals surface area contributed by atoms with Gasteiger partial charge in [0.1, 0.15) is 12.2 Å². The van der Waals surface area contributed by atoms with E-state index in [9.17, 15) is 4.79 Å². The fraction of sp³-hybridized carbons (Fsp3) is 0.750. The zero-order valence-corrected chi connectivity index (χ0v) is 16.0. The molecule has 144 valence electrons. The lowest BCUT2D eigenvalue weighted by Gasteiger charge is -2.36. The van der Waals surface area contributed by atoms with Crippen LogP contribution in [0.1, 0.15) is 63.4 Å². The Hall–Kier alpha value is -1.69. The summed E-state index contributed by atoms with van der Waals surface area (Å²) in [6.07, 6.45) is 7.97. The molecule has 26 heavy (non-hydrogen) atoms. The van der Waals surface area contributed by atoms with Gasteiger partial charge in [0.25, 0.3) is 0 Å². The molecular weight excluding hydrogens is 332 g/mol. The molecule has 0 spiro atoms. The first-order chi connectivity index (χ1) is 12.5. The van der Waals surface area contributed by atoms with E-state index in [0.29, 0.717) is 36.8 Å². The zero-order valence-electron chi connectivity index (χ0n) is 16.0. The molecule has 2 heterocycles. The Morgan fingerprint density at radius 1 is 1.15 bits per heavy atom. The second kappa shape index (κ2) is 8.80. The van der Waals surface area contributed by atoms with Crippen LogP contribution in [-0.2, 0) is 9.47 Å².